The summed E-state index contributed by atoms with van der Waals surface area (Å²) in [5.41, 5.74) is 1.23. The lowest BCUT2D eigenvalue weighted by Crippen LogP contribution is -2.54. The molecule has 1 saturated heterocycles. The monoisotopic (exact) mass is 348 g/mol. The molecule has 0 bridgehead atoms. The summed E-state index contributed by atoms with van der Waals surface area (Å²) in [6.45, 7) is 5.28. The van der Waals surface area contributed by atoms with Crippen LogP contribution in [0.5, 0.6) is 11.5 Å². The van der Waals surface area contributed by atoms with Gasteiger partial charge in [0.2, 0.25) is 0 Å². The summed E-state index contributed by atoms with van der Waals surface area (Å²) in [7, 11) is 3.35. The maximum Gasteiger partial charge on any atom is 0.160 e. The molecule has 25 heavy (non-hydrogen) atoms. The summed E-state index contributed by atoms with van der Waals surface area (Å²) >= 11 is 0. The van der Waals surface area contributed by atoms with Crippen molar-refractivity contribution in [1.29, 1.82) is 0 Å². The van der Waals surface area contributed by atoms with Gasteiger partial charge in [0.1, 0.15) is 0 Å². The predicted octanol–water partition coefficient (Wildman–Crippen LogP) is 2.48. The van der Waals surface area contributed by atoms with Crippen LogP contribution in [-0.2, 0) is 11.2 Å². The number of rotatable bonds is 7. The highest BCUT2D eigenvalue weighted by Gasteiger charge is 2.31. The van der Waals surface area contributed by atoms with Crippen LogP contribution >= 0.6 is 0 Å². The molecule has 0 radical (unpaired) electrons. The second kappa shape index (κ2) is 9.41. The first kappa shape index (κ1) is 18.5. The lowest BCUT2D eigenvalue weighted by atomic mass is 9.90. The van der Waals surface area contributed by atoms with Crippen molar-refractivity contribution in [3.05, 3.63) is 23.8 Å². The number of piperazine rings is 1. The van der Waals surface area contributed by atoms with Crippen molar-refractivity contribution in [2.75, 3.05) is 47.0 Å². The van der Waals surface area contributed by atoms with Crippen LogP contribution in [0.4, 0.5) is 0 Å². The predicted molar refractivity (Wildman–Crippen MR) is 99.7 cm³/mol. The number of ether oxygens (including phenoxy) is 3. The summed E-state index contributed by atoms with van der Waals surface area (Å²) < 4.78 is 17.0. The van der Waals surface area contributed by atoms with Crippen molar-refractivity contribution in [2.45, 2.75) is 44.2 Å². The summed E-state index contributed by atoms with van der Waals surface area (Å²) in [6, 6.07) is 6.72. The van der Waals surface area contributed by atoms with E-state index in [9.17, 15) is 0 Å². The lowest BCUT2D eigenvalue weighted by molar-refractivity contribution is -0.0382. The molecular weight excluding hydrogens is 316 g/mol. The number of benzene rings is 1. The number of nitrogens with zero attached hydrogens (tertiary/aromatic N) is 1. The van der Waals surface area contributed by atoms with Gasteiger partial charge in [-0.15, -0.1) is 0 Å². The number of nitrogens with one attached hydrogen (secondary N) is 1. The highest BCUT2D eigenvalue weighted by atomic mass is 16.5. The van der Waals surface area contributed by atoms with Crippen molar-refractivity contribution >= 4 is 0 Å². The van der Waals surface area contributed by atoms with Crippen LogP contribution in [0.3, 0.4) is 0 Å². The maximum atomic E-state index is 6.35. The van der Waals surface area contributed by atoms with Crippen LogP contribution in [0.15, 0.2) is 18.2 Å². The van der Waals surface area contributed by atoms with Gasteiger partial charge in [0, 0.05) is 32.2 Å². The van der Waals surface area contributed by atoms with Gasteiger partial charge in [-0.3, -0.25) is 4.90 Å². The molecule has 3 rings (SSSR count). The second-order valence-electron chi connectivity index (χ2n) is 6.99. The van der Waals surface area contributed by atoms with E-state index in [1.54, 1.807) is 14.2 Å². The number of hydrogen-bond donors (Lipinski definition) is 1. The minimum Gasteiger partial charge on any atom is -0.493 e. The minimum absolute atomic E-state index is 0.381. The molecule has 5 heteroatoms. The van der Waals surface area contributed by atoms with Gasteiger partial charge in [0.15, 0.2) is 11.5 Å². The SMILES string of the molecule is COc1ccc(CCO[C@@H]2CCCC[C@H]2N2CCNCC2)cc1OC. The fourth-order valence-corrected chi connectivity index (χ4v) is 4.07. The van der Waals surface area contributed by atoms with E-state index in [0.717, 1.165) is 50.7 Å². The highest BCUT2D eigenvalue weighted by molar-refractivity contribution is 5.42. The molecule has 1 N–H and O–H groups in total. The van der Waals surface area contributed by atoms with E-state index in [2.05, 4.69) is 22.3 Å². The normalized spacial score (nSPS) is 24.9. The molecule has 1 aliphatic heterocycles. The molecular formula is C20H32N2O3. The third-order valence-corrected chi connectivity index (χ3v) is 5.46. The molecule has 0 spiro atoms. The van der Waals surface area contributed by atoms with Crippen molar-refractivity contribution in [1.82, 2.24) is 10.2 Å². The Balaban J connectivity index is 1.52. The Morgan fingerprint density at radius 1 is 1.04 bits per heavy atom. The quantitative estimate of drug-likeness (QED) is 0.820. The van der Waals surface area contributed by atoms with E-state index in [-0.39, 0.29) is 0 Å². The molecule has 1 aliphatic carbocycles. The minimum atomic E-state index is 0.381. The Morgan fingerprint density at radius 2 is 1.80 bits per heavy atom. The molecule has 1 aromatic rings. The van der Waals surface area contributed by atoms with Crippen LogP contribution < -0.4 is 14.8 Å². The lowest BCUT2D eigenvalue weighted by Gasteiger charge is -2.41. The first-order valence-corrected chi connectivity index (χ1v) is 9.59. The summed E-state index contributed by atoms with van der Waals surface area (Å²) in [5, 5.41) is 3.45. The summed E-state index contributed by atoms with van der Waals surface area (Å²) in [4.78, 5) is 2.64. The maximum absolute atomic E-state index is 6.35. The zero-order valence-electron chi connectivity index (χ0n) is 15.6. The van der Waals surface area contributed by atoms with Crippen molar-refractivity contribution in [3.63, 3.8) is 0 Å². The zero-order valence-corrected chi connectivity index (χ0v) is 15.6. The second-order valence-corrected chi connectivity index (χ2v) is 6.99. The highest BCUT2D eigenvalue weighted by Crippen LogP contribution is 2.29. The first-order valence-electron chi connectivity index (χ1n) is 9.59. The Kier molecular flexibility index (Phi) is 6.96. The number of hydrogen-bond acceptors (Lipinski definition) is 5. The Morgan fingerprint density at radius 3 is 2.56 bits per heavy atom. The van der Waals surface area contributed by atoms with E-state index in [4.69, 9.17) is 14.2 Å². The topological polar surface area (TPSA) is 43.0 Å². The Hall–Kier alpha value is -1.30. The van der Waals surface area contributed by atoms with Gasteiger partial charge >= 0.3 is 0 Å². The fourth-order valence-electron chi connectivity index (χ4n) is 4.07. The van der Waals surface area contributed by atoms with Gasteiger partial charge in [-0.1, -0.05) is 18.9 Å². The van der Waals surface area contributed by atoms with Crippen LogP contribution in [0.2, 0.25) is 0 Å². The smallest absolute Gasteiger partial charge is 0.160 e. The largest absolute Gasteiger partial charge is 0.493 e. The average Bonchev–Trinajstić information content (AvgIpc) is 2.69. The molecule has 2 aliphatic rings. The Bertz CT molecular complexity index is 532. The average molecular weight is 348 g/mol. The molecule has 1 saturated carbocycles. The van der Waals surface area contributed by atoms with Gasteiger partial charge in [0.25, 0.3) is 0 Å². The van der Waals surface area contributed by atoms with E-state index in [0.29, 0.717) is 12.1 Å². The first-order chi connectivity index (χ1) is 12.3. The number of methoxy groups -OCH3 is 2. The molecule has 1 aromatic carbocycles. The van der Waals surface area contributed by atoms with Gasteiger partial charge in [-0.25, -0.2) is 0 Å². The third-order valence-electron chi connectivity index (χ3n) is 5.46. The van der Waals surface area contributed by atoms with Crippen LogP contribution in [0.1, 0.15) is 31.2 Å². The van der Waals surface area contributed by atoms with Crippen molar-refractivity contribution < 1.29 is 14.2 Å². The van der Waals surface area contributed by atoms with Crippen LogP contribution in [0, 0.1) is 0 Å². The Labute approximate surface area is 151 Å². The summed E-state index contributed by atoms with van der Waals surface area (Å²) in [6.07, 6.45) is 6.40. The van der Waals surface area contributed by atoms with Crippen molar-refractivity contribution in [3.8, 4) is 11.5 Å². The molecule has 0 amide bonds. The van der Waals surface area contributed by atoms with Crippen LogP contribution in [0.25, 0.3) is 0 Å². The van der Waals surface area contributed by atoms with Crippen LogP contribution in [-0.4, -0.2) is 64.1 Å². The van der Waals surface area contributed by atoms with Gasteiger partial charge in [-0.05, 0) is 37.0 Å². The van der Waals surface area contributed by atoms with E-state index in [1.807, 2.05) is 6.07 Å². The molecule has 0 unspecified atom stereocenters. The molecule has 140 valence electrons. The standard InChI is InChI=1S/C20H32N2O3/c1-23-19-8-7-16(15-20(19)24-2)9-14-25-18-6-4-3-5-17(18)22-12-10-21-11-13-22/h7-8,15,17-18,21H,3-6,9-14H2,1-2H3/t17-,18-/m1/s1. The zero-order chi connectivity index (χ0) is 17.5. The van der Waals surface area contributed by atoms with Crippen molar-refractivity contribution in [2.24, 2.45) is 0 Å². The third kappa shape index (κ3) is 4.87. The van der Waals surface area contributed by atoms with E-state index in [1.165, 1.54) is 31.2 Å². The van der Waals surface area contributed by atoms with Gasteiger partial charge in [-0.2, -0.15) is 0 Å². The fraction of sp³-hybridized carbons (Fsp3) is 0.700. The molecule has 2 atom stereocenters. The molecule has 5 nitrogen and oxygen atoms in total. The molecule has 1 heterocycles. The molecule has 0 aromatic heterocycles. The molecule has 2 fully saturated rings. The summed E-state index contributed by atoms with van der Waals surface area (Å²) in [5.74, 6) is 1.56. The van der Waals surface area contributed by atoms with E-state index >= 15 is 0 Å². The van der Waals surface area contributed by atoms with Gasteiger partial charge < -0.3 is 19.5 Å². The van der Waals surface area contributed by atoms with Gasteiger partial charge in [0.05, 0.1) is 26.9 Å². The van der Waals surface area contributed by atoms with E-state index < -0.39 is 0 Å².